The lowest BCUT2D eigenvalue weighted by Gasteiger charge is -2.18. The topological polar surface area (TPSA) is 41.5 Å². The number of hydrogen-bond donors (Lipinski definition) is 1. The summed E-state index contributed by atoms with van der Waals surface area (Å²) < 4.78 is 0. The van der Waals surface area contributed by atoms with Crippen molar-refractivity contribution in [3.63, 3.8) is 0 Å². The lowest BCUT2D eigenvalue weighted by Crippen LogP contribution is -2.32. The fraction of sp³-hybridized carbons (Fsp3) is 0.800. The highest BCUT2D eigenvalue weighted by molar-refractivity contribution is 6.29. The van der Waals surface area contributed by atoms with Gasteiger partial charge in [0.15, 0.2) is 5.78 Å². The van der Waals surface area contributed by atoms with Gasteiger partial charge < -0.3 is 5.43 Å². The smallest absolute Gasteiger partial charge is 0.180 e. The normalized spacial score (nSPS) is 13.4. The van der Waals surface area contributed by atoms with Crippen LogP contribution in [0.15, 0.2) is 5.10 Å². The van der Waals surface area contributed by atoms with Crippen LogP contribution in [0, 0.1) is 5.41 Å². The number of nitrogens with one attached hydrogen (secondary N) is 1. The van der Waals surface area contributed by atoms with Gasteiger partial charge in [-0.1, -0.05) is 20.8 Å². The summed E-state index contributed by atoms with van der Waals surface area (Å²) in [6.45, 7) is 11.6. The third kappa shape index (κ3) is 6.31. The highest BCUT2D eigenvalue weighted by Crippen LogP contribution is 2.12. The molecular formula is C10H20N2O. The first-order chi connectivity index (χ1) is 5.63. The second-order valence-electron chi connectivity index (χ2n) is 5.23. The molecule has 0 atom stereocenters. The van der Waals surface area contributed by atoms with Crippen LogP contribution in [0.25, 0.3) is 0 Å². The van der Waals surface area contributed by atoms with Gasteiger partial charge in [-0.15, -0.1) is 0 Å². The Hall–Kier alpha value is -0.860. The van der Waals surface area contributed by atoms with Crippen LogP contribution < -0.4 is 5.43 Å². The van der Waals surface area contributed by atoms with Gasteiger partial charge in [-0.25, -0.2) is 0 Å². The van der Waals surface area contributed by atoms with E-state index in [2.05, 4.69) is 10.5 Å². The van der Waals surface area contributed by atoms with Crippen molar-refractivity contribution in [3.8, 4) is 0 Å². The number of nitrogens with zero attached hydrogens (tertiary/aromatic N) is 1. The van der Waals surface area contributed by atoms with E-state index < -0.39 is 0 Å². The molecule has 0 rings (SSSR count). The summed E-state index contributed by atoms with van der Waals surface area (Å²) in [5, 5.41) is 3.88. The van der Waals surface area contributed by atoms with E-state index in [9.17, 15) is 4.79 Å². The molecule has 3 heteroatoms. The standard InChI is InChI=1S/C10H20N2O/c1-9(2,3)8(13)7-11-12-10(4,5)6/h7,12H,1-6H3. The quantitative estimate of drug-likeness (QED) is 0.526. The third-order valence-electron chi connectivity index (χ3n) is 1.32. The molecule has 13 heavy (non-hydrogen) atoms. The number of ketones is 1. The summed E-state index contributed by atoms with van der Waals surface area (Å²) in [5.74, 6) is 0.0317. The van der Waals surface area contributed by atoms with Crippen LogP contribution in [-0.2, 0) is 4.79 Å². The summed E-state index contributed by atoms with van der Waals surface area (Å²) >= 11 is 0. The lowest BCUT2D eigenvalue weighted by molar-refractivity contribution is -0.119. The van der Waals surface area contributed by atoms with E-state index in [0.29, 0.717) is 0 Å². The van der Waals surface area contributed by atoms with E-state index in [4.69, 9.17) is 0 Å². The Labute approximate surface area is 80.6 Å². The van der Waals surface area contributed by atoms with Crippen LogP contribution in [0.4, 0.5) is 0 Å². The molecule has 0 heterocycles. The number of Topliss-reactive ketones (excluding diaryl/α,β-unsaturated/α-hetero) is 1. The zero-order valence-corrected chi connectivity index (χ0v) is 9.43. The average molecular weight is 184 g/mol. The van der Waals surface area contributed by atoms with Crippen LogP contribution >= 0.6 is 0 Å². The second kappa shape index (κ2) is 3.90. The molecule has 0 aromatic heterocycles. The predicted molar refractivity (Wildman–Crippen MR) is 55.8 cm³/mol. The Balaban J connectivity index is 4.09. The number of hydrogen-bond acceptors (Lipinski definition) is 3. The molecule has 0 saturated carbocycles. The second-order valence-corrected chi connectivity index (χ2v) is 5.23. The Morgan fingerprint density at radius 1 is 1.15 bits per heavy atom. The molecule has 3 nitrogen and oxygen atoms in total. The van der Waals surface area contributed by atoms with Crippen molar-refractivity contribution in [2.75, 3.05) is 0 Å². The summed E-state index contributed by atoms with van der Waals surface area (Å²) in [5.41, 5.74) is 2.44. The van der Waals surface area contributed by atoms with Crippen LogP contribution in [0.3, 0.4) is 0 Å². The van der Waals surface area contributed by atoms with Crippen LogP contribution in [0.5, 0.6) is 0 Å². The highest BCUT2D eigenvalue weighted by Gasteiger charge is 2.19. The molecule has 0 aromatic carbocycles. The molecule has 0 bridgehead atoms. The fourth-order valence-corrected chi connectivity index (χ4v) is 0.478. The van der Waals surface area contributed by atoms with Crippen molar-refractivity contribution in [1.29, 1.82) is 0 Å². The minimum absolute atomic E-state index is 0.0317. The molecule has 0 radical (unpaired) electrons. The van der Waals surface area contributed by atoms with E-state index in [-0.39, 0.29) is 16.7 Å². The molecular weight excluding hydrogens is 164 g/mol. The molecule has 1 N–H and O–H groups in total. The van der Waals surface area contributed by atoms with E-state index in [1.54, 1.807) is 0 Å². The maximum absolute atomic E-state index is 11.4. The monoisotopic (exact) mass is 184 g/mol. The molecule has 0 amide bonds. The van der Waals surface area contributed by atoms with Crippen molar-refractivity contribution in [2.24, 2.45) is 10.5 Å². The summed E-state index contributed by atoms with van der Waals surface area (Å²) in [6.07, 6.45) is 1.35. The van der Waals surface area contributed by atoms with Gasteiger partial charge in [0.2, 0.25) is 0 Å². The molecule has 0 unspecified atom stereocenters. The van der Waals surface area contributed by atoms with Crippen LogP contribution in [0.2, 0.25) is 0 Å². The van der Waals surface area contributed by atoms with Gasteiger partial charge in [0.05, 0.1) is 6.21 Å². The minimum atomic E-state index is -0.344. The van der Waals surface area contributed by atoms with E-state index in [0.717, 1.165) is 0 Å². The van der Waals surface area contributed by atoms with Crippen molar-refractivity contribution >= 4 is 12.0 Å². The van der Waals surface area contributed by atoms with Crippen LogP contribution in [-0.4, -0.2) is 17.5 Å². The first kappa shape index (κ1) is 12.1. The van der Waals surface area contributed by atoms with Crippen molar-refractivity contribution in [3.05, 3.63) is 0 Å². The summed E-state index contributed by atoms with van der Waals surface area (Å²) in [4.78, 5) is 11.4. The molecule has 76 valence electrons. The Bertz CT molecular complexity index is 206. The van der Waals surface area contributed by atoms with Gasteiger partial charge in [0.25, 0.3) is 0 Å². The van der Waals surface area contributed by atoms with Crippen molar-refractivity contribution in [2.45, 2.75) is 47.1 Å². The van der Waals surface area contributed by atoms with Gasteiger partial charge in [-0.2, -0.15) is 5.10 Å². The summed E-state index contributed by atoms with van der Waals surface area (Å²) in [6, 6.07) is 0. The maximum Gasteiger partial charge on any atom is 0.180 e. The van der Waals surface area contributed by atoms with Gasteiger partial charge >= 0.3 is 0 Å². The molecule has 0 aliphatic carbocycles. The largest absolute Gasteiger partial charge is 0.305 e. The first-order valence-corrected chi connectivity index (χ1v) is 4.47. The number of rotatable bonds is 2. The molecule has 0 saturated heterocycles. The Morgan fingerprint density at radius 3 is 1.92 bits per heavy atom. The molecule has 0 aromatic rings. The first-order valence-electron chi connectivity index (χ1n) is 4.47. The number of hydrazone groups is 1. The van der Waals surface area contributed by atoms with Crippen molar-refractivity contribution in [1.82, 2.24) is 5.43 Å². The van der Waals surface area contributed by atoms with E-state index >= 15 is 0 Å². The summed E-state index contributed by atoms with van der Waals surface area (Å²) in [7, 11) is 0. The number of carbonyl (C=O) groups excluding carboxylic acids is 1. The average Bonchev–Trinajstić information content (AvgIpc) is 1.82. The van der Waals surface area contributed by atoms with Gasteiger partial charge in [-0.3, -0.25) is 4.79 Å². The highest BCUT2D eigenvalue weighted by atomic mass is 16.1. The van der Waals surface area contributed by atoms with Crippen molar-refractivity contribution < 1.29 is 4.79 Å². The molecule has 0 aliphatic rings. The van der Waals surface area contributed by atoms with Gasteiger partial charge in [0.1, 0.15) is 0 Å². The zero-order valence-electron chi connectivity index (χ0n) is 9.43. The third-order valence-corrected chi connectivity index (χ3v) is 1.32. The van der Waals surface area contributed by atoms with Gasteiger partial charge in [-0.05, 0) is 20.8 Å². The Morgan fingerprint density at radius 2 is 1.62 bits per heavy atom. The predicted octanol–water partition coefficient (Wildman–Crippen LogP) is 1.98. The fourth-order valence-electron chi connectivity index (χ4n) is 0.478. The molecule has 0 spiro atoms. The molecule has 0 fully saturated rings. The Kier molecular flexibility index (Phi) is 3.64. The number of carbonyl (C=O) groups is 1. The van der Waals surface area contributed by atoms with Gasteiger partial charge in [0, 0.05) is 11.0 Å². The van der Waals surface area contributed by atoms with Crippen LogP contribution in [0.1, 0.15) is 41.5 Å². The lowest BCUT2D eigenvalue weighted by atomic mass is 9.92. The zero-order chi connectivity index (χ0) is 10.7. The maximum atomic E-state index is 11.4. The minimum Gasteiger partial charge on any atom is -0.305 e. The molecule has 0 aliphatic heterocycles. The van der Waals surface area contributed by atoms with E-state index in [1.807, 2.05) is 41.5 Å². The van der Waals surface area contributed by atoms with E-state index in [1.165, 1.54) is 6.21 Å². The SMILES string of the molecule is CC(C)(C)NN=CC(=O)C(C)(C)C.